The lowest BCUT2D eigenvalue weighted by Crippen LogP contribution is -2.35. The lowest BCUT2D eigenvalue weighted by molar-refractivity contribution is 0.300. The molecule has 1 aromatic carbocycles. The fraction of sp³-hybridized carbons (Fsp3) is 0.625. The highest BCUT2D eigenvalue weighted by atomic mass is 15.2. The van der Waals surface area contributed by atoms with E-state index in [1.807, 2.05) is 0 Å². The summed E-state index contributed by atoms with van der Waals surface area (Å²) in [7, 11) is 2.24. The molecule has 2 heteroatoms. The third kappa shape index (κ3) is 2.60. The average molecular weight is 244 g/mol. The van der Waals surface area contributed by atoms with Crippen LogP contribution in [0.3, 0.4) is 0 Å². The van der Waals surface area contributed by atoms with Crippen molar-refractivity contribution in [1.29, 1.82) is 0 Å². The number of hydrogen-bond donors (Lipinski definition) is 1. The minimum absolute atomic E-state index is 0.749. The summed E-state index contributed by atoms with van der Waals surface area (Å²) in [5.74, 6) is 0. The first-order valence-corrected chi connectivity index (χ1v) is 7.34. The van der Waals surface area contributed by atoms with Crippen molar-refractivity contribution in [2.75, 3.05) is 20.1 Å². The maximum atomic E-state index is 3.62. The van der Waals surface area contributed by atoms with Crippen LogP contribution in [0.2, 0.25) is 0 Å². The van der Waals surface area contributed by atoms with E-state index >= 15 is 0 Å². The monoisotopic (exact) mass is 244 g/mol. The quantitative estimate of drug-likeness (QED) is 0.874. The van der Waals surface area contributed by atoms with Gasteiger partial charge in [-0.3, -0.25) is 0 Å². The molecule has 0 amide bonds. The number of hydrogen-bond acceptors (Lipinski definition) is 2. The lowest BCUT2D eigenvalue weighted by atomic mass is 10.1. The summed E-state index contributed by atoms with van der Waals surface area (Å²) in [6.07, 6.45) is 6.64. The molecule has 0 radical (unpaired) electrons. The maximum Gasteiger partial charge on any atom is 0.0218 e. The van der Waals surface area contributed by atoms with Crippen LogP contribution in [-0.4, -0.2) is 31.1 Å². The molecule has 1 saturated heterocycles. The minimum atomic E-state index is 0.749. The molecule has 0 spiro atoms. The van der Waals surface area contributed by atoms with Gasteiger partial charge in [-0.1, -0.05) is 18.2 Å². The van der Waals surface area contributed by atoms with Crippen LogP contribution in [0.1, 0.15) is 36.0 Å². The fourth-order valence-corrected chi connectivity index (χ4v) is 3.36. The van der Waals surface area contributed by atoms with E-state index < -0.39 is 0 Å². The molecule has 3 rings (SSSR count). The Bertz CT molecular complexity index is 414. The van der Waals surface area contributed by atoms with Gasteiger partial charge in [-0.2, -0.15) is 0 Å². The van der Waals surface area contributed by atoms with E-state index in [1.165, 1.54) is 44.2 Å². The highest BCUT2D eigenvalue weighted by molar-refractivity contribution is 5.35. The zero-order valence-corrected chi connectivity index (χ0v) is 11.4. The second-order valence-electron chi connectivity index (χ2n) is 5.86. The molecule has 98 valence electrons. The number of rotatable bonds is 4. The normalized spacial score (nSPS) is 23.5. The molecule has 0 aromatic heterocycles. The van der Waals surface area contributed by atoms with Gasteiger partial charge in [-0.05, 0) is 62.4 Å². The molecule has 1 unspecified atom stereocenters. The van der Waals surface area contributed by atoms with Crippen molar-refractivity contribution >= 4 is 0 Å². The first-order valence-electron chi connectivity index (χ1n) is 7.34. The predicted molar refractivity (Wildman–Crippen MR) is 75.8 cm³/mol. The van der Waals surface area contributed by atoms with Crippen LogP contribution in [0.4, 0.5) is 0 Å². The number of nitrogens with one attached hydrogen (secondary N) is 1. The van der Waals surface area contributed by atoms with Crippen LogP contribution in [0, 0.1) is 0 Å². The van der Waals surface area contributed by atoms with E-state index in [2.05, 4.69) is 35.5 Å². The molecule has 2 nitrogen and oxygen atoms in total. The van der Waals surface area contributed by atoms with Gasteiger partial charge in [-0.15, -0.1) is 0 Å². The van der Waals surface area contributed by atoms with Crippen LogP contribution < -0.4 is 5.32 Å². The van der Waals surface area contributed by atoms with E-state index in [0.29, 0.717) is 0 Å². The van der Waals surface area contributed by atoms with Crippen molar-refractivity contribution < 1.29 is 0 Å². The second kappa shape index (κ2) is 5.41. The summed E-state index contributed by atoms with van der Waals surface area (Å²) in [4.78, 5) is 2.48. The van der Waals surface area contributed by atoms with Crippen LogP contribution in [0.15, 0.2) is 18.2 Å². The van der Waals surface area contributed by atoms with Crippen LogP contribution in [0.5, 0.6) is 0 Å². The van der Waals surface area contributed by atoms with E-state index in [0.717, 1.165) is 19.1 Å². The molecular weight excluding hydrogens is 220 g/mol. The van der Waals surface area contributed by atoms with Gasteiger partial charge in [0.1, 0.15) is 0 Å². The number of likely N-dealkylation sites (tertiary alicyclic amines) is 1. The van der Waals surface area contributed by atoms with Crippen molar-refractivity contribution in [2.24, 2.45) is 0 Å². The SMILES string of the molecule is CN1CCCC1CNCc1ccc2c(c1)CCC2. The molecule has 2 aliphatic rings. The second-order valence-corrected chi connectivity index (χ2v) is 5.86. The number of likely N-dealkylation sites (N-methyl/N-ethyl adjacent to an activating group) is 1. The Morgan fingerprint density at radius 3 is 2.94 bits per heavy atom. The zero-order valence-electron chi connectivity index (χ0n) is 11.4. The van der Waals surface area contributed by atoms with E-state index in [-0.39, 0.29) is 0 Å². The Balaban J connectivity index is 1.51. The van der Waals surface area contributed by atoms with Crippen molar-refractivity contribution in [3.05, 3.63) is 34.9 Å². The van der Waals surface area contributed by atoms with Gasteiger partial charge in [-0.25, -0.2) is 0 Å². The molecule has 1 aliphatic carbocycles. The Morgan fingerprint density at radius 1 is 1.22 bits per heavy atom. The Morgan fingerprint density at radius 2 is 2.11 bits per heavy atom. The molecule has 1 aliphatic heterocycles. The van der Waals surface area contributed by atoms with E-state index in [4.69, 9.17) is 0 Å². The fourth-order valence-electron chi connectivity index (χ4n) is 3.36. The summed E-state index contributed by atoms with van der Waals surface area (Å²) in [5.41, 5.74) is 4.62. The third-order valence-corrected chi connectivity index (χ3v) is 4.54. The van der Waals surface area contributed by atoms with Gasteiger partial charge in [0.25, 0.3) is 0 Å². The molecule has 1 atom stereocenters. The largest absolute Gasteiger partial charge is 0.311 e. The number of nitrogens with zero attached hydrogens (tertiary/aromatic N) is 1. The molecule has 1 aromatic rings. The number of fused-ring (bicyclic) bond motifs is 1. The van der Waals surface area contributed by atoms with Crippen LogP contribution in [-0.2, 0) is 19.4 Å². The van der Waals surface area contributed by atoms with E-state index in [1.54, 1.807) is 11.1 Å². The van der Waals surface area contributed by atoms with Crippen LogP contribution in [0.25, 0.3) is 0 Å². The molecule has 1 N–H and O–H groups in total. The molecule has 0 bridgehead atoms. The Labute approximate surface area is 110 Å². The highest BCUT2D eigenvalue weighted by Gasteiger charge is 2.19. The van der Waals surface area contributed by atoms with Gasteiger partial charge < -0.3 is 10.2 Å². The number of benzene rings is 1. The van der Waals surface area contributed by atoms with Gasteiger partial charge >= 0.3 is 0 Å². The average Bonchev–Trinajstić information content (AvgIpc) is 2.98. The van der Waals surface area contributed by atoms with Crippen LogP contribution >= 0.6 is 0 Å². The smallest absolute Gasteiger partial charge is 0.0218 e. The first-order chi connectivity index (χ1) is 8.83. The molecule has 1 heterocycles. The zero-order chi connectivity index (χ0) is 12.4. The van der Waals surface area contributed by atoms with Crippen molar-refractivity contribution in [1.82, 2.24) is 10.2 Å². The molecular formula is C16H24N2. The minimum Gasteiger partial charge on any atom is -0.311 e. The van der Waals surface area contributed by atoms with Crippen molar-refractivity contribution in [2.45, 2.75) is 44.7 Å². The van der Waals surface area contributed by atoms with E-state index in [9.17, 15) is 0 Å². The molecule has 18 heavy (non-hydrogen) atoms. The highest BCUT2D eigenvalue weighted by Crippen LogP contribution is 2.22. The third-order valence-electron chi connectivity index (χ3n) is 4.54. The Hall–Kier alpha value is -0.860. The predicted octanol–water partition coefficient (Wildman–Crippen LogP) is 2.36. The van der Waals surface area contributed by atoms with Crippen molar-refractivity contribution in [3.63, 3.8) is 0 Å². The molecule has 0 saturated carbocycles. The molecule has 1 fully saturated rings. The van der Waals surface area contributed by atoms with Gasteiger partial charge in [0, 0.05) is 19.1 Å². The number of aryl methyl sites for hydroxylation is 2. The maximum absolute atomic E-state index is 3.62. The van der Waals surface area contributed by atoms with Gasteiger partial charge in [0.05, 0.1) is 0 Å². The summed E-state index contributed by atoms with van der Waals surface area (Å²) >= 11 is 0. The Kier molecular flexibility index (Phi) is 3.67. The standard InChI is InChI=1S/C16H24N2/c1-18-9-3-6-16(18)12-17-11-13-7-8-14-4-2-5-15(14)10-13/h7-8,10,16-17H,2-6,9,11-12H2,1H3. The topological polar surface area (TPSA) is 15.3 Å². The van der Waals surface area contributed by atoms with Gasteiger partial charge in [0.2, 0.25) is 0 Å². The lowest BCUT2D eigenvalue weighted by Gasteiger charge is -2.19. The first kappa shape index (κ1) is 12.2. The van der Waals surface area contributed by atoms with Crippen molar-refractivity contribution in [3.8, 4) is 0 Å². The summed E-state index contributed by atoms with van der Waals surface area (Å²) in [6, 6.07) is 7.80. The summed E-state index contributed by atoms with van der Waals surface area (Å²) in [5, 5.41) is 3.62. The van der Waals surface area contributed by atoms with Gasteiger partial charge in [0.15, 0.2) is 0 Å². The summed E-state index contributed by atoms with van der Waals surface area (Å²) in [6.45, 7) is 3.43. The summed E-state index contributed by atoms with van der Waals surface area (Å²) < 4.78 is 0.